The monoisotopic (exact) mass is 403 g/mol. The van der Waals surface area contributed by atoms with Gasteiger partial charge in [-0.3, -0.25) is 13.9 Å². The Morgan fingerprint density at radius 1 is 1.18 bits per heavy atom. The predicted molar refractivity (Wildman–Crippen MR) is 106 cm³/mol. The molecule has 0 spiro atoms. The van der Waals surface area contributed by atoms with E-state index in [1.807, 2.05) is 0 Å². The molecule has 148 valence electrons. The van der Waals surface area contributed by atoms with E-state index in [2.05, 4.69) is 0 Å². The molecule has 0 saturated heterocycles. The van der Waals surface area contributed by atoms with Crippen LogP contribution in [0, 0.1) is 6.92 Å². The summed E-state index contributed by atoms with van der Waals surface area (Å²) in [6.07, 6.45) is 0.0376. The van der Waals surface area contributed by atoms with Gasteiger partial charge in [0.2, 0.25) is 15.9 Å². The van der Waals surface area contributed by atoms with Gasteiger partial charge in [0.1, 0.15) is 12.3 Å². The molecule has 0 aromatic heterocycles. The number of anilines is 2. The van der Waals surface area contributed by atoms with Crippen LogP contribution >= 0.6 is 0 Å². The van der Waals surface area contributed by atoms with Crippen LogP contribution in [0.1, 0.15) is 5.56 Å². The van der Waals surface area contributed by atoms with Gasteiger partial charge in [0.25, 0.3) is 5.91 Å². The lowest BCUT2D eigenvalue weighted by atomic mass is 10.1. The molecule has 2 amide bonds. The van der Waals surface area contributed by atoms with Gasteiger partial charge in [0, 0.05) is 0 Å². The smallest absolute Gasteiger partial charge is 0.260 e. The Balaban J connectivity index is 1.96. The van der Waals surface area contributed by atoms with E-state index in [1.54, 1.807) is 55.5 Å². The number of amides is 2. The molecule has 8 nitrogen and oxygen atoms in total. The molecule has 1 heterocycles. The first kappa shape index (κ1) is 19.7. The van der Waals surface area contributed by atoms with Gasteiger partial charge in [-0.25, -0.2) is 8.42 Å². The van der Waals surface area contributed by atoms with E-state index in [0.29, 0.717) is 17.1 Å². The number of nitrogens with two attached hydrogens (primary N) is 1. The van der Waals surface area contributed by atoms with Crippen molar-refractivity contribution in [2.24, 2.45) is 5.73 Å². The lowest BCUT2D eigenvalue weighted by molar-refractivity contribution is -0.125. The molecule has 2 N–H and O–H groups in total. The molecule has 0 radical (unpaired) electrons. The van der Waals surface area contributed by atoms with Crippen LogP contribution in [-0.4, -0.2) is 45.7 Å². The number of hydrogen-bond donors (Lipinski definition) is 1. The normalized spacial score (nSPS) is 16.1. The molecule has 0 saturated carbocycles. The maximum absolute atomic E-state index is 13.1. The SMILES string of the molecule is Cc1ccccc1N(CC(=O)N1C[C@@H](C(N)=O)Oc2ccccc21)S(C)(=O)=O. The number of hydrogen-bond acceptors (Lipinski definition) is 5. The van der Waals surface area contributed by atoms with E-state index in [4.69, 9.17) is 10.5 Å². The second-order valence-electron chi connectivity index (χ2n) is 6.54. The largest absolute Gasteiger partial charge is 0.477 e. The molecular formula is C19H21N3O5S. The molecule has 1 atom stereocenters. The third kappa shape index (κ3) is 3.94. The second-order valence-corrected chi connectivity index (χ2v) is 8.44. The summed E-state index contributed by atoms with van der Waals surface area (Å²) < 4.78 is 31.4. The lowest BCUT2D eigenvalue weighted by Crippen LogP contribution is -2.52. The van der Waals surface area contributed by atoms with E-state index >= 15 is 0 Å². The zero-order valence-corrected chi connectivity index (χ0v) is 16.3. The van der Waals surface area contributed by atoms with Crippen LogP contribution in [0.15, 0.2) is 48.5 Å². The first-order valence-corrected chi connectivity index (χ1v) is 10.4. The summed E-state index contributed by atoms with van der Waals surface area (Å²) in [6, 6.07) is 13.6. The Bertz CT molecular complexity index is 1020. The van der Waals surface area contributed by atoms with Gasteiger partial charge in [-0.1, -0.05) is 30.3 Å². The van der Waals surface area contributed by atoms with Crippen LogP contribution < -0.4 is 19.7 Å². The van der Waals surface area contributed by atoms with Gasteiger partial charge in [-0.2, -0.15) is 0 Å². The topological polar surface area (TPSA) is 110 Å². The highest BCUT2D eigenvalue weighted by molar-refractivity contribution is 7.92. The molecule has 0 aliphatic carbocycles. The number of carbonyl (C=O) groups excluding carboxylic acids is 2. The summed E-state index contributed by atoms with van der Waals surface area (Å²) in [5.74, 6) is -0.852. The van der Waals surface area contributed by atoms with E-state index in [-0.39, 0.29) is 6.54 Å². The summed E-state index contributed by atoms with van der Waals surface area (Å²) in [6.45, 7) is 1.27. The standard InChI is InChI=1S/C19H21N3O5S/c1-13-7-3-4-8-14(13)22(28(2,25)26)12-18(23)21-11-17(19(20)24)27-16-10-6-5-9-15(16)21/h3-10,17H,11-12H2,1-2H3,(H2,20,24)/t17-/m0/s1. The highest BCUT2D eigenvalue weighted by Crippen LogP contribution is 2.33. The van der Waals surface area contributed by atoms with E-state index < -0.39 is 34.5 Å². The number of aryl methyl sites for hydroxylation is 1. The molecule has 2 aromatic carbocycles. The molecular weight excluding hydrogens is 382 g/mol. The Morgan fingerprint density at radius 3 is 2.46 bits per heavy atom. The van der Waals surface area contributed by atoms with Crippen molar-refractivity contribution in [1.82, 2.24) is 0 Å². The number of benzene rings is 2. The quantitative estimate of drug-likeness (QED) is 0.802. The third-order valence-corrected chi connectivity index (χ3v) is 5.58. The van der Waals surface area contributed by atoms with Crippen molar-refractivity contribution in [2.75, 3.05) is 28.6 Å². The minimum Gasteiger partial charge on any atom is -0.477 e. The minimum absolute atomic E-state index is 0.0868. The minimum atomic E-state index is -3.72. The van der Waals surface area contributed by atoms with Crippen LogP contribution in [0.3, 0.4) is 0 Å². The summed E-state index contributed by atoms with van der Waals surface area (Å²) >= 11 is 0. The number of fused-ring (bicyclic) bond motifs is 1. The Labute approximate surface area is 163 Å². The number of ether oxygens (including phenoxy) is 1. The average molecular weight is 403 g/mol. The van der Waals surface area contributed by atoms with Crippen molar-refractivity contribution < 1.29 is 22.7 Å². The number of primary amides is 1. The van der Waals surface area contributed by atoms with Crippen molar-refractivity contribution in [3.05, 3.63) is 54.1 Å². The molecule has 0 fully saturated rings. The zero-order valence-electron chi connectivity index (χ0n) is 15.5. The molecule has 0 unspecified atom stereocenters. The Kier molecular flexibility index (Phi) is 5.28. The molecule has 0 bridgehead atoms. The molecule has 9 heteroatoms. The Hall–Kier alpha value is -3.07. The van der Waals surface area contributed by atoms with Gasteiger partial charge >= 0.3 is 0 Å². The number of rotatable bonds is 5. The maximum Gasteiger partial charge on any atom is 0.260 e. The van der Waals surface area contributed by atoms with Gasteiger partial charge in [0.15, 0.2) is 6.10 Å². The third-order valence-electron chi connectivity index (χ3n) is 4.46. The first-order chi connectivity index (χ1) is 13.2. The maximum atomic E-state index is 13.1. The summed E-state index contributed by atoms with van der Waals surface area (Å²) in [5, 5.41) is 0. The van der Waals surface area contributed by atoms with Gasteiger partial charge in [-0.05, 0) is 30.7 Å². The highest BCUT2D eigenvalue weighted by atomic mass is 32.2. The molecule has 3 rings (SSSR count). The summed E-state index contributed by atoms with van der Waals surface area (Å²) in [7, 11) is -3.72. The first-order valence-electron chi connectivity index (χ1n) is 8.57. The van der Waals surface area contributed by atoms with Crippen molar-refractivity contribution in [1.29, 1.82) is 0 Å². The molecule has 1 aliphatic heterocycles. The highest BCUT2D eigenvalue weighted by Gasteiger charge is 2.34. The second kappa shape index (κ2) is 7.51. The fourth-order valence-electron chi connectivity index (χ4n) is 3.05. The fraction of sp³-hybridized carbons (Fsp3) is 0.263. The lowest BCUT2D eigenvalue weighted by Gasteiger charge is -2.35. The molecule has 1 aliphatic rings. The Morgan fingerprint density at radius 2 is 1.82 bits per heavy atom. The van der Waals surface area contributed by atoms with Gasteiger partial charge < -0.3 is 15.4 Å². The van der Waals surface area contributed by atoms with E-state index in [9.17, 15) is 18.0 Å². The molecule has 28 heavy (non-hydrogen) atoms. The average Bonchev–Trinajstić information content (AvgIpc) is 2.64. The van der Waals surface area contributed by atoms with Crippen LogP contribution in [-0.2, 0) is 19.6 Å². The number of nitrogens with zero attached hydrogens (tertiary/aromatic N) is 2. The van der Waals surface area contributed by atoms with Crippen molar-refractivity contribution in [2.45, 2.75) is 13.0 Å². The van der Waals surface area contributed by atoms with Gasteiger partial charge in [-0.15, -0.1) is 0 Å². The number of carbonyl (C=O) groups is 2. The zero-order chi connectivity index (χ0) is 20.5. The van der Waals surface area contributed by atoms with Crippen LogP contribution in [0.25, 0.3) is 0 Å². The summed E-state index contributed by atoms with van der Waals surface area (Å²) in [4.78, 5) is 26.1. The van der Waals surface area contributed by atoms with E-state index in [1.165, 1.54) is 4.90 Å². The van der Waals surface area contributed by atoms with Crippen molar-refractivity contribution >= 4 is 33.2 Å². The molecule has 2 aromatic rings. The fourth-order valence-corrected chi connectivity index (χ4v) is 3.96. The van der Waals surface area contributed by atoms with E-state index in [0.717, 1.165) is 16.1 Å². The van der Waals surface area contributed by atoms with Crippen LogP contribution in [0.4, 0.5) is 11.4 Å². The van der Waals surface area contributed by atoms with Gasteiger partial charge in [0.05, 0.1) is 24.2 Å². The predicted octanol–water partition coefficient (Wildman–Crippen LogP) is 1.04. The number of para-hydroxylation sites is 3. The van der Waals surface area contributed by atoms with Crippen molar-refractivity contribution in [3.63, 3.8) is 0 Å². The van der Waals surface area contributed by atoms with Crippen LogP contribution in [0.5, 0.6) is 5.75 Å². The van der Waals surface area contributed by atoms with Crippen molar-refractivity contribution in [3.8, 4) is 5.75 Å². The number of sulfonamides is 1. The summed E-state index contributed by atoms with van der Waals surface area (Å²) in [5.41, 5.74) is 6.96. The van der Waals surface area contributed by atoms with Crippen LogP contribution in [0.2, 0.25) is 0 Å².